The van der Waals surface area contributed by atoms with Crippen LogP contribution in [0.5, 0.6) is 0 Å². The number of hydrogen-bond donors (Lipinski definition) is 0. The van der Waals surface area contributed by atoms with E-state index in [1.54, 1.807) is 17.0 Å². The van der Waals surface area contributed by atoms with Crippen LogP contribution in [-0.2, 0) is 0 Å². The van der Waals surface area contributed by atoms with Crippen LogP contribution in [0.15, 0.2) is 42.6 Å². The van der Waals surface area contributed by atoms with Crippen molar-refractivity contribution in [3.8, 4) is 0 Å². The number of carbonyl (C=O) groups is 1. The quantitative estimate of drug-likeness (QED) is 0.487. The molecule has 2 aliphatic heterocycles. The number of pyridine rings is 1. The molecule has 1 amide bonds. The molecule has 5 rings (SSSR count). The number of amides is 1. The van der Waals surface area contributed by atoms with Gasteiger partial charge in [-0.05, 0) is 49.9 Å². The van der Waals surface area contributed by atoms with Crippen molar-refractivity contribution in [1.29, 1.82) is 0 Å². The molecule has 3 aromatic rings. The van der Waals surface area contributed by atoms with Crippen molar-refractivity contribution < 1.29 is 9.72 Å². The lowest BCUT2D eigenvalue weighted by atomic mass is 10.1. The standard InChI is InChI=1S/C21H22N6O3/c28-21(15-8-9-16(18(14-15)27(29)30)24-10-3-4-11-24)25-13-5-6-17(25)20-23-22-19-7-1-2-12-26(19)20/h1-2,7-9,12,14,17H,3-6,10-11,13H2. The molecule has 2 aliphatic rings. The van der Waals surface area contributed by atoms with Crippen LogP contribution < -0.4 is 4.90 Å². The van der Waals surface area contributed by atoms with E-state index < -0.39 is 4.92 Å². The fourth-order valence-corrected chi connectivity index (χ4v) is 4.56. The number of nitro groups is 1. The van der Waals surface area contributed by atoms with Crippen LogP contribution in [0.25, 0.3) is 5.65 Å². The van der Waals surface area contributed by atoms with Gasteiger partial charge in [0, 0.05) is 37.5 Å². The van der Waals surface area contributed by atoms with Crippen molar-refractivity contribution in [2.75, 3.05) is 24.5 Å². The van der Waals surface area contributed by atoms with Gasteiger partial charge in [0.05, 0.1) is 11.0 Å². The van der Waals surface area contributed by atoms with Crippen LogP contribution in [0.3, 0.4) is 0 Å². The Morgan fingerprint density at radius 1 is 1.07 bits per heavy atom. The number of anilines is 1. The summed E-state index contributed by atoms with van der Waals surface area (Å²) in [5.74, 6) is 0.515. The molecule has 0 N–H and O–H groups in total. The number of nitro benzene ring substituents is 1. The summed E-state index contributed by atoms with van der Waals surface area (Å²) in [6, 6.07) is 10.3. The normalized spacial score (nSPS) is 19.0. The number of fused-ring (bicyclic) bond motifs is 1. The highest BCUT2D eigenvalue weighted by Gasteiger charge is 2.35. The molecule has 154 valence electrons. The molecule has 1 atom stereocenters. The van der Waals surface area contributed by atoms with Crippen LogP contribution >= 0.6 is 0 Å². The number of rotatable bonds is 4. The van der Waals surface area contributed by atoms with Gasteiger partial charge in [-0.25, -0.2) is 0 Å². The monoisotopic (exact) mass is 406 g/mol. The molecule has 9 nitrogen and oxygen atoms in total. The van der Waals surface area contributed by atoms with Gasteiger partial charge in [-0.3, -0.25) is 19.3 Å². The highest BCUT2D eigenvalue weighted by Crippen LogP contribution is 2.35. The number of hydrogen-bond acceptors (Lipinski definition) is 6. The van der Waals surface area contributed by atoms with Gasteiger partial charge in [-0.2, -0.15) is 0 Å². The van der Waals surface area contributed by atoms with Gasteiger partial charge in [-0.1, -0.05) is 6.07 Å². The van der Waals surface area contributed by atoms with Crippen molar-refractivity contribution in [2.45, 2.75) is 31.7 Å². The Labute approximate surface area is 173 Å². The summed E-state index contributed by atoms with van der Waals surface area (Å²) < 4.78 is 1.90. The number of benzene rings is 1. The van der Waals surface area contributed by atoms with Crippen LogP contribution in [0.1, 0.15) is 47.9 Å². The maximum Gasteiger partial charge on any atom is 0.293 e. The fraction of sp³-hybridized carbons (Fsp3) is 0.381. The van der Waals surface area contributed by atoms with Gasteiger partial charge in [0.2, 0.25) is 0 Å². The largest absolute Gasteiger partial charge is 0.366 e. The Hall–Kier alpha value is -3.49. The average molecular weight is 406 g/mol. The predicted octanol–water partition coefficient (Wildman–Crippen LogP) is 3.22. The third-order valence-corrected chi connectivity index (χ3v) is 6.02. The summed E-state index contributed by atoms with van der Waals surface area (Å²) >= 11 is 0. The van der Waals surface area contributed by atoms with E-state index >= 15 is 0 Å². The Kier molecular flexibility index (Phi) is 4.57. The van der Waals surface area contributed by atoms with Gasteiger partial charge in [-0.15, -0.1) is 10.2 Å². The Morgan fingerprint density at radius 2 is 1.90 bits per heavy atom. The summed E-state index contributed by atoms with van der Waals surface area (Å²) in [4.78, 5) is 28.4. The lowest BCUT2D eigenvalue weighted by Crippen LogP contribution is -2.31. The van der Waals surface area contributed by atoms with Gasteiger partial charge in [0.25, 0.3) is 11.6 Å². The van der Waals surface area contributed by atoms with Crippen LogP contribution in [0.4, 0.5) is 11.4 Å². The third-order valence-electron chi connectivity index (χ3n) is 6.02. The molecule has 0 aliphatic carbocycles. The van der Waals surface area contributed by atoms with E-state index in [0.29, 0.717) is 17.8 Å². The molecule has 2 saturated heterocycles. The first-order valence-corrected chi connectivity index (χ1v) is 10.3. The molecule has 9 heteroatoms. The van der Waals surface area contributed by atoms with Crippen molar-refractivity contribution in [3.05, 3.63) is 64.1 Å². The van der Waals surface area contributed by atoms with E-state index in [2.05, 4.69) is 10.2 Å². The van der Waals surface area contributed by atoms with Crippen molar-refractivity contribution in [2.24, 2.45) is 0 Å². The maximum atomic E-state index is 13.3. The molecule has 1 unspecified atom stereocenters. The lowest BCUT2D eigenvalue weighted by molar-refractivity contribution is -0.384. The summed E-state index contributed by atoms with van der Waals surface area (Å²) in [7, 11) is 0. The molecule has 30 heavy (non-hydrogen) atoms. The van der Waals surface area contributed by atoms with Gasteiger partial charge in [0.1, 0.15) is 5.69 Å². The molecule has 4 heterocycles. The van der Waals surface area contributed by atoms with E-state index in [0.717, 1.165) is 50.2 Å². The van der Waals surface area contributed by atoms with Crippen LogP contribution in [0, 0.1) is 10.1 Å². The molecule has 0 saturated carbocycles. The second-order valence-electron chi connectivity index (χ2n) is 7.80. The minimum atomic E-state index is -0.391. The number of aromatic nitrogens is 3. The van der Waals surface area contributed by atoms with Crippen molar-refractivity contribution >= 4 is 22.9 Å². The zero-order valence-corrected chi connectivity index (χ0v) is 16.5. The van der Waals surface area contributed by atoms with Crippen molar-refractivity contribution in [3.63, 3.8) is 0 Å². The van der Waals surface area contributed by atoms with E-state index in [4.69, 9.17) is 0 Å². The second-order valence-corrected chi connectivity index (χ2v) is 7.80. The summed E-state index contributed by atoms with van der Waals surface area (Å²) in [5.41, 5.74) is 1.66. The summed E-state index contributed by atoms with van der Waals surface area (Å²) in [5, 5.41) is 20.2. The van der Waals surface area contributed by atoms with Crippen LogP contribution in [0.2, 0.25) is 0 Å². The summed E-state index contributed by atoms with van der Waals surface area (Å²) in [6.07, 6.45) is 5.59. The minimum Gasteiger partial charge on any atom is -0.366 e. The smallest absolute Gasteiger partial charge is 0.293 e. The fourth-order valence-electron chi connectivity index (χ4n) is 4.56. The number of carbonyl (C=O) groups excluding carboxylic acids is 1. The molecular formula is C21H22N6O3. The van der Waals surface area contributed by atoms with Gasteiger partial charge >= 0.3 is 0 Å². The highest BCUT2D eigenvalue weighted by molar-refractivity contribution is 5.96. The zero-order valence-electron chi connectivity index (χ0n) is 16.5. The van der Waals surface area contributed by atoms with Gasteiger partial charge < -0.3 is 9.80 Å². The first kappa shape index (κ1) is 18.5. The zero-order chi connectivity index (χ0) is 20.7. The van der Waals surface area contributed by atoms with E-state index in [9.17, 15) is 14.9 Å². The summed E-state index contributed by atoms with van der Waals surface area (Å²) in [6.45, 7) is 2.21. The molecule has 2 fully saturated rings. The third kappa shape index (κ3) is 3.06. The Bertz CT molecular complexity index is 1120. The first-order chi connectivity index (χ1) is 14.6. The van der Waals surface area contributed by atoms with E-state index in [1.165, 1.54) is 6.07 Å². The minimum absolute atomic E-state index is 0.00794. The molecule has 0 radical (unpaired) electrons. The average Bonchev–Trinajstić information content (AvgIpc) is 3.52. The second kappa shape index (κ2) is 7.40. The van der Waals surface area contributed by atoms with E-state index in [1.807, 2.05) is 33.7 Å². The Balaban J connectivity index is 1.47. The predicted molar refractivity (Wildman–Crippen MR) is 111 cm³/mol. The van der Waals surface area contributed by atoms with Crippen molar-refractivity contribution in [1.82, 2.24) is 19.5 Å². The SMILES string of the molecule is O=C(c1ccc(N2CCCC2)c([N+](=O)[O-])c1)N1CCCC1c1nnc2ccccn12. The highest BCUT2D eigenvalue weighted by atomic mass is 16.6. The van der Waals surface area contributed by atoms with E-state index in [-0.39, 0.29) is 17.6 Å². The van der Waals surface area contributed by atoms with Crippen LogP contribution in [-0.4, -0.2) is 50.0 Å². The topological polar surface area (TPSA) is 96.9 Å². The molecular weight excluding hydrogens is 384 g/mol. The molecule has 0 bridgehead atoms. The number of likely N-dealkylation sites (tertiary alicyclic amines) is 1. The molecule has 1 aromatic carbocycles. The lowest BCUT2D eigenvalue weighted by Gasteiger charge is -2.24. The maximum absolute atomic E-state index is 13.3. The molecule has 0 spiro atoms. The Morgan fingerprint density at radius 3 is 2.70 bits per heavy atom. The first-order valence-electron chi connectivity index (χ1n) is 10.3. The van der Waals surface area contributed by atoms with Gasteiger partial charge in [0.15, 0.2) is 11.5 Å². The molecule has 2 aromatic heterocycles. The number of nitrogens with zero attached hydrogens (tertiary/aromatic N) is 6.